The summed E-state index contributed by atoms with van der Waals surface area (Å²) in [6.45, 7) is 1.63. The quantitative estimate of drug-likeness (QED) is 0.330. The van der Waals surface area contributed by atoms with E-state index >= 15 is 0 Å². The van der Waals surface area contributed by atoms with Gasteiger partial charge < -0.3 is 15.4 Å². The summed E-state index contributed by atoms with van der Waals surface area (Å²) in [6.07, 6.45) is -2.24. The highest BCUT2D eigenvalue weighted by Crippen LogP contribution is 2.42. The van der Waals surface area contributed by atoms with Gasteiger partial charge in [0.2, 0.25) is 11.8 Å². The molecule has 0 spiro atoms. The molecule has 11 nitrogen and oxygen atoms in total. The molecule has 3 heterocycles. The number of aromatic nitrogens is 5. The first-order valence-corrected chi connectivity index (χ1v) is 13.6. The Hall–Kier alpha value is -3.69. The van der Waals surface area contributed by atoms with Crippen LogP contribution in [-0.4, -0.2) is 61.5 Å². The number of carbonyl (C=O) groups is 2. The van der Waals surface area contributed by atoms with E-state index in [0.717, 1.165) is 19.8 Å². The number of fused-ring (bicyclic) bond motifs is 1. The highest BCUT2D eigenvalue weighted by molar-refractivity contribution is 5.93. The fourth-order valence-corrected chi connectivity index (χ4v) is 5.12. The Kier molecular flexibility index (Phi) is 8.18. The van der Waals surface area contributed by atoms with Gasteiger partial charge in [-0.25, -0.2) is 22.9 Å². The van der Waals surface area contributed by atoms with Crippen LogP contribution in [0.5, 0.6) is 0 Å². The molecule has 2 aliphatic rings. The van der Waals surface area contributed by atoms with Gasteiger partial charge in [0.25, 0.3) is 5.91 Å². The lowest BCUT2D eigenvalue weighted by Crippen LogP contribution is -2.37. The summed E-state index contributed by atoms with van der Waals surface area (Å²) >= 11 is 0. The molecule has 3 aromatic rings. The number of halogens is 5. The number of rotatable bonds is 10. The van der Waals surface area contributed by atoms with Crippen LogP contribution in [0, 0.1) is 18.8 Å². The third-order valence-corrected chi connectivity index (χ3v) is 7.76. The SMILES string of the molecule is Cc1nonc1C(=O)N[C@H](c1cn2ncc(C(NC(=O)CO[C@@H](C)C(F)(F)F)C3CC3)cc2n1)C1CCC(F)(F)CC1. The molecule has 2 amide bonds. The molecule has 0 aliphatic heterocycles. The average Bonchev–Trinajstić information content (AvgIpc) is 3.53. The van der Waals surface area contributed by atoms with Gasteiger partial charge in [-0.05, 0) is 68.2 Å². The number of aryl methyl sites for hydroxylation is 1. The van der Waals surface area contributed by atoms with Gasteiger partial charge in [-0.2, -0.15) is 18.3 Å². The first-order chi connectivity index (χ1) is 19.8. The Morgan fingerprint density at radius 3 is 2.43 bits per heavy atom. The number of alkyl halides is 5. The van der Waals surface area contributed by atoms with E-state index in [-0.39, 0.29) is 48.9 Å². The zero-order chi connectivity index (χ0) is 30.2. The van der Waals surface area contributed by atoms with Gasteiger partial charge >= 0.3 is 6.18 Å². The smallest absolute Gasteiger partial charge is 0.359 e. The molecule has 5 rings (SSSR count). The molecular formula is C26H30F5N7O4. The van der Waals surface area contributed by atoms with Gasteiger partial charge in [-0.3, -0.25) is 9.59 Å². The van der Waals surface area contributed by atoms with E-state index in [4.69, 9.17) is 0 Å². The van der Waals surface area contributed by atoms with Gasteiger partial charge in [0.15, 0.2) is 17.4 Å². The number of imidazole rings is 1. The lowest BCUT2D eigenvalue weighted by atomic mass is 9.81. The van der Waals surface area contributed by atoms with Crippen LogP contribution in [0.1, 0.15) is 85.0 Å². The Balaban J connectivity index is 1.36. The van der Waals surface area contributed by atoms with Gasteiger partial charge in [-0.1, -0.05) is 5.16 Å². The topological polar surface area (TPSA) is 137 Å². The number of hydrogen-bond donors (Lipinski definition) is 2. The zero-order valence-electron chi connectivity index (χ0n) is 22.8. The molecule has 3 atom stereocenters. The summed E-state index contributed by atoms with van der Waals surface area (Å²) in [7, 11) is 0. The molecule has 2 aliphatic carbocycles. The Morgan fingerprint density at radius 2 is 1.81 bits per heavy atom. The summed E-state index contributed by atoms with van der Waals surface area (Å²) in [5.41, 5.74) is 1.63. The number of nitrogens with zero attached hydrogens (tertiary/aromatic N) is 5. The third-order valence-electron chi connectivity index (χ3n) is 7.76. The van der Waals surface area contributed by atoms with Crippen molar-refractivity contribution in [3.8, 4) is 0 Å². The van der Waals surface area contributed by atoms with E-state index in [1.807, 2.05) is 0 Å². The van der Waals surface area contributed by atoms with Crippen molar-refractivity contribution < 1.29 is 40.9 Å². The number of ether oxygens (including phenoxy) is 1. The van der Waals surface area contributed by atoms with E-state index in [1.165, 1.54) is 10.7 Å². The normalized spacial score (nSPS) is 19.8. The summed E-state index contributed by atoms with van der Waals surface area (Å²) in [4.78, 5) is 30.1. The van der Waals surface area contributed by atoms with E-state index < -0.39 is 48.7 Å². The van der Waals surface area contributed by atoms with Crippen molar-refractivity contribution in [3.63, 3.8) is 0 Å². The summed E-state index contributed by atoms with van der Waals surface area (Å²) in [5.74, 6) is -4.31. The number of amides is 2. The molecule has 0 bridgehead atoms. The second-order valence-electron chi connectivity index (χ2n) is 11.0. The van der Waals surface area contributed by atoms with Crippen molar-refractivity contribution in [1.82, 2.24) is 35.5 Å². The lowest BCUT2D eigenvalue weighted by Gasteiger charge is -2.33. The van der Waals surface area contributed by atoms with E-state index in [9.17, 15) is 31.5 Å². The number of hydrogen-bond acceptors (Lipinski definition) is 8. The van der Waals surface area contributed by atoms with Gasteiger partial charge in [0, 0.05) is 12.8 Å². The van der Waals surface area contributed by atoms with Gasteiger partial charge in [0.1, 0.15) is 12.3 Å². The number of carbonyl (C=O) groups excluding carboxylic acids is 2. The molecule has 2 fully saturated rings. The molecule has 3 aromatic heterocycles. The zero-order valence-corrected chi connectivity index (χ0v) is 22.8. The van der Waals surface area contributed by atoms with Crippen LogP contribution in [0.3, 0.4) is 0 Å². The molecule has 16 heteroatoms. The van der Waals surface area contributed by atoms with E-state index in [2.05, 4.69) is 40.4 Å². The van der Waals surface area contributed by atoms with E-state index in [0.29, 0.717) is 16.9 Å². The van der Waals surface area contributed by atoms with Crippen molar-refractivity contribution in [2.75, 3.05) is 6.61 Å². The monoisotopic (exact) mass is 599 g/mol. The fraction of sp³-hybridized carbons (Fsp3) is 0.615. The first kappa shape index (κ1) is 29.8. The van der Waals surface area contributed by atoms with Crippen molar-refractivity contribution in [1.29, 1.82) is 0 Å². The van der Waals surface area contributed by atoms with Crippen molar-refractivity contribution in [2.24, 2.45) is 11.8 Å². The number of nitrogens with one attached hydrogen (secondary N) is 2. The third kappa shape index (κ3) is 6.85. The summed E-state index contributed by atoms with van der Waals surface area (Å²) in [5, 5.41) is 17.2. The minimum absolute atomic E-state index is 0.0260. The predicted octanol–water partition coefficient (Wildman–Crippen LogP) is 4.25. The second-order valence-corrected chi connectivity index (χ2v) is 11.0. The van der Waals surface area contributed by atoms with E-state index in [1.54, 1.807) is 19.2 Å². The Morgan fingerprint density at radius 1 is 1.12 bits per heavy atom. The van der Waals surface area contributed by atoms with Crippen molar-refractivity contribution in [3.05, 3.63) is 41.1 Å². The molecule has 2 N–H and O–H groups in total. The fourth-order valence-electron chi connectivity index (χ4n) is 5.12. The largest absolute Gasteiger partial charge is 0.414 e. The van der Waals surface area contributed by atoms with Gasteiger partial charge in [-0.15, -0.1) is 0 Å². The average molecular weight is 600 g/mol. The molecule has 2 saturated carbocycles. The maximum atomic E-state index is 13.9. The second kappa shape index (κ2) is 11.5. The lowest BCUT2D eigenvalue weighted by molar-refractivity contribution is -0.213. The van der Waals surface area contributed by atoms with Crippen LogP contribution in [0.2, 0.25) is 0 Å². The molecular weight excluding hydrogens is 569 g/mol. The molecule has 0 radical (unpaired) electrons. The van der Waals surface area contributed by atoms with Crippen molar-refractivity contribution in [2.45, 2.75) is 82.7 Å². The van der Waals surface area contributed by atoms with Crippen LogP contribution >= 0.6 is 0 Å². The molecule has 1 unspecified atom stereocenters. The summed E-state index contributed by atoms with van der Waals surface area (Å²) < 4.78 is 76.9. The maximum Gasteiger partial charge on any atom is 0.414 e. The standard InChI is InChI=1S/C26H30F5N7O4/c1-13-21(37-42-36-13)24(40)35-23(16-5-7-25(27,28)8-6-16)18-11-38-19(33-18)9-17(10-32-38)22(15-3-4-15)34-20(39)12-41-14(2)26(29,30)31/h9-11,14-16,22-23H,3-8,12H2,1-2H3,(H,34,39)(H,35,40)/t14-,22?,23-/m0/s1. The molecule has 228 valence electrons. The van der Waals surface area contributed by atoms with Crippen LogP contribution in [0.25, 0.3) is 5.65 Å². The van der Waals surface area contributed by atoms with Crippen LogP contribution in [-0.2, 0) is 9.53 Å². The van der Waals surface area contributed by atoms with Crippen molar-refractivity contribution >= 4 is 17.5 Å². The van der Waals surface area contributed by atoms with Gasteiger partial charge in [0.05, 0.1) is 30.2 Å². The molecule has 0 saturated heterocycles. The van der Waals surface area contributed by atoms with Crippen LogP contribution in [0.15, 0.2) is 23.1 Å². The molecule has 0 aromatic carbocycles. The highest BCUT2D eigenvalue weighted by Gasteiger charge is 2.40. The predicted molar refractivity (Wildman–Crippen MR) is 134 cm³/mol. The Bertz CT molecular complexity index is 1430. The Labute approximate surface area is 236 Å². The minimum atomic E-state index is -4.58. The molecule has 42 heavy (non-hydrogen) atoms. The minimum Gasteiger partial charge on any atom is -0.359 e. The highest BCUT2D eigenvalue weighted by atomic mass is 19.4. The summed E-state index contributed by atoms with van der Waals surface area (Å²) in [6, 6.07) is 0.443. The maximum absolute atomic E-state index is 13.9. The first-order valence-electron chi connectivity index (χ1n) is 13.6. The van der Waals surface area contributed by atoms with Crippen LogP contribution in [0.4, 0.5) is 22.0 Å². The van der Waals surface area contributed by atoms with Crippen LogP contribution < -0.4 is 10.6 Å².